The van der Waals surface area contributed by atoms with Gasteiger partial charge in [0.1, 0.15) is 6.04 Å². The smallest absolute Gasteiger partial charge is 0.264 e. The zero-order valence-corrected chi connectivity index (χ0v) is 35.0. The standard InChI is InChI=1S/C38H66N6O8S/c1-14-25(6)34(43(11)38(48)32(23(2)3)40-37(47)33(24(4)5)42(9)10)30(51-12)22-31(45)44-21-15-16-29(44)35(52-13)26(7)36(46)41-53(49,50)28-19-17-27(39-8)18-20-28/h17-20,23-26,29-30,32-35,39H,14-16,21-22H2,1-13H3,(H,40,47)(H,41,46)/t25-,26+,29-,30+,32-,33-,34-,35+/m0/s1. The number of carbonyl (C=O) groups is 4. The maximum absolute atomic E-state index is 14.2. The lowest BCUT2D eigenvalue weighted by Crippen LogP contribution is -2.59. The summed E-state index contributed by atoms with van der Waals surface area (Å²) in [5, 5.41) is 5.94. The van der Waals surface area contributed by atoms with Gasteiger partial charge >= 0.3 is 0 Å². The average molecular weight is 767 g/mol. The molecule has 0 unspecified atom stereocenters. The van der Waals surface area contributed by atoms with Crippen LogP contribution in [0.2, 0.25) is 0 Å². The fraction of sp³-hybridized carbons (Fsp3) is 0.737. The summed E-state index contributed by atoms with van der Waals surface area (Å²) < 4.78 is 40.0. The molecule has 1 aliphatic heterocycles. The van der Waals surface area contributed by atoms with Gasteiger partial charge in [0.2, 0.25) is 23.6 Å². The van der Waals surface area contributed by atoms with Crippen LogP contribution in [0.4, 0.5) is 5.69 Å². The number of likely N-dealkylation sites (tertiary alicyclic amines) is 1. The van der Waals surface area contributed by atoms with Crippen molar-refractivity contribution in [3.05, 3.63) is 24.3 Å². The number of anilines is 1. The van der Waals surface area contributed by atoms with Gasteiger partial charge in [-0.15, -0.1) is 0 Å². The Hall–Kier alpha value is -3.27. The molecule has 1 aliphatic rings. The first-order chi connectivity index (χ1) is 24.8. The van der Waals surface area contributed by atoms with Gasteiger partial charge in [-0.1, -0.05) is 54.9 Å². The number of benzene rings is 1. The lowest BCUT2D eigenvalue weighted by molar-refractivity contribution is -0.148. The Labute approximate surface area is 318 Å². The number of rotatable bonds is 20. The Balaban J connectivity index is 2.29. The number of methoxy groups -OCH3 is 2. The lowest BCUT2D eigenvalue weighted by Gasteiger charge is -2.41. The van der Waals surface area contributed by atoms with Crippen LogP contribution in [-0.2, 0) is 38.7 Å². The molecule has 1 heterocycles. The monoisotopic (exact) mass is 766 g/mol. The van der Waals surface area contributed by atoms with Crippen molar-refractivity contribution in [2.24, 2.45) is 23.7 Å². The second kappa shape index (κ2) is 20.4. The van der Waals surface area contributed by atoms with E-state index in [0.29, 0.717) is 25.8 Å². The van der Waals surface area contributed by atoms with E-state index in [-0.39, 0.29) is 46.8 Å². The molecule has 0 radical (unpaired) electrons. The molecule has 15 heteroatoms. The van der Waals surface area contributed by atoms with Crippen molar-refractivity contribution in [1.29, 1.82) is 0 Å². The van der Waals surface area contributed by atoms with E-state index >= 15 is 0 Å². The van der Waals surface area contributed by atoms with Crippen molar-refractivity contribution >= 4 is 39.3 Å². The van der Waals surface area contributed by atoms with Crippen LogP contribution in [0.15, 0.2) is 29.2 Å². The first-order valence-electron chi connectivity index (χ1n) is 18.7. The van der Waals surface area contributed by atoms with E-state index in [1.54, 1.807) is 43.0 Å². The summed E-state index contributed by atoms with van der Waals surface area (Å²) in [5.41, 5.74) is 0.724. The summed E-state index contributed by atoms with van der Waals surface area (Å²) in [7, 11) is 5.92. The molecule has 53 heavy (non-hydrogen) atoms. The minimum atomic E-state index is -4.15. The van der Waals surface area contributed by atoms with Gasteiger partial charge in [0, 0.05) is 40.5 Å². The zero-order valence-electron chi connectivity index (χ0n) is 34.1. The molecular formula is C38H66N6O8S. The number of nitrogens with zero attached hydrogens (tertiary/aromatic N) is 3. The molecule has 0 bridgehead atoms. The van der Waals surface area contributed by atoms with E-state index in [4.69, 9.17) is 9.47 Å². The van der Waals surface area contributed by atoms with Crippen molar-refractivity contribution in [2.75, 3.05) is 54.3 Å². The van der Waals surface area contributed by atoms with Crippen LogP contribution in [0.25, 0.3) is 0 Å². The molecule has 2 rings (SSSR count). The lowest BCUT2D eigenvalue weighted by atomic mass is 9.89. The molecule has 302 valence electrons. The number of amides is 4. The number of ether oxygens (including phenoxy) is 2. The second-order valence-corrected chi connectivity index (χ2v) is 16.9. The Morgan fingerprint density at radius 3 is 2.00 bits per heavy atom. The van der Waals surface area contributed by atoms with Gasteiger partial charge in [-0.05, 0) is 69.0 Å². The summed E-state index contributed by atoms with van der Waals surface area (Å²) in [5.74, 6) is -2.59. The first kappa shape index (κ1) is 45.9. The number of likely N-dealkylation sites (N-methyl/N-ethyl adjacent to an activating group) is 2. The number of hydrogen-bond acceptors (Lipinski definition) is 10. The molecule has 1 fully saturated rings. The van der Waals surface area contributed by atoms with Crippen LogP contribution in [0.3, 0.4) is 0 Å². The fourth-order valence-corrected chi connectivity index (χ4v) is 8.56. The van der Waals surface area contributed by atoms with Gasteiger partial charge in [-0.25, -0.2) is 13.1 Å². The van der Waals surface area contributed by atoms with Gasteiger partial charge < -0.3 is 29.9 Å². The van der Waals surface area contributed by atoms with E-state index in [2.05, 4.69) is 15.4 Å². The molecule has 0 spiro atoms. The van der Waals surface area contributed by atoms with E-state index in [9.17, 15) is 27.6 Å². The molecule has 0 saturated carbocycles. The van der Waals surface area contributed by atoms with Gasteiger partial charge in [0.05, 0.1) is 47.6 Å². The molecule has 1 aromatic rings. The Morgan fingerprint density at radius 1 is 0.925 bits per heavy atom. The maximum Gasteiger partial charge on any atom is 0.264 e. The molecule has 1 aromatic carbocycles. The summed E-state index contributed by atoms with van der Waals surface area (Å²) in [4.78, 5) is 60.2. The highest BCUT2D eigenvalue weighted by molar-refractivity contribution is 7.90. The second-order valence-electron chi connectivity index (χ2n) is 15.2. The minimum absolute atomic E-state index is 0.0290. The van der Waals surface area contributed by atoms with Gasteiger partial charge in [-0.3, -0.25) is 24.1 Å². The van der Waals surface area contributed by atoms with Gasteiger partial charge in [0.15, 0.2) is 0 Å². The molecular weight excluding hydrogens is 701 g/mol. The first-order valence-corrected chi connectivity index (χ1v) is 20.2. The molecule has 0 aromatic heterocycles. The molecule has 14 nitrogen and oxygen atoms in total. The van der Waals surface area contributed by atoms with E-state index < -0.39 is 58.2 Å². The predicted molar refractivity (Wildman–Crippen MR) is 207 cm³/mol. The van der Waals surface area contributed by atoms with Crippen LogP contribution in [0.1, 0.15) is 74.1 Å². The summed E-state index contributed by atoms with van der Waals surface area (Å²) >= 11 is 0. The number of hydrogen-bond donors (Lipinski definition) is 3. The largest absolute Gasteiger partial charge is 0.388 e. The third-order valence-corrected chi connectivity index (χ3v) is 12.0. The highest BCUT2D eigenvalue weighted by Crippen LogP contribution is 2.30. The average Bonchev–Trinajstić information content (AvgIpc) is 3.59. The third kappa shape index (κ3) is 11.6. The highest BCUT2D eigenvalue weighted by Gasteiger charge is 2.43. The van der Waals surface area contributed by atoms with E-state index in [1.807, 2.05) is 60.5 Å². The minimum Gasteiger partial charge on any atom is -0.388 e. The Morgan fingerprint density at radius 2 is 1.53 bits per heavy atom. The summed E-state index contributed by atoms with van der Waals surface area (Å²) in [6.07, 6.45) is 0.436. The zero-order chi connectivity index (χ0) is 40.4. The van der Waals surface area contributed by atoms with Crippen molar-refractivity contribution in [1.82, 2.24) is 24.7 Å². The molecule has 0 aliphatic carbocycles. The maximum atomic E-state index is 14.2. The van der Waals surface area contributed by atoms with Crippen molar-refractivity contribution in [3.8, 4) is 0 Å². The molecule has 3 N–H and O–H groups in total. The van der Waals surface area contributed by atoms with Crippen molar-refractivity contribution in [2.45, 2.75) is 115 Å². The van der Waals surface area contributed by atoms with Gasteiger partial charge in [0.25, 0.3) is 10.0 Å². The highest BCUT2D eigenvalue weighted by atomic mass is 32.2. The molecule has 1 saturated heterocycles. The molecule has 4 amide bonds. The van der Waals surface area contributed by atoms with Crippen LogP contribution in [-0.4, -0.2) is 132 Å². The topological polar surface area (TPSA) is 167 Å². The SMILES string of the molecule is CC[C@H](C)[C@@H]([C@@H](CC(=O)N1CCC[C@H]1[C@H](OC)[C@@H](C)C(=O)NS(=O)(=O)c1ccc(NC)cc1)OC)N(C)C(=O)[C@@H](NC(=O)[C@H](C(C)C)N(C)C)C(C)C. The van der Waals surface area contributed by atoms with Crippen LogP contribution < -0.4 is 15.4 Å². The summed E-state index contributed by atoms with van der Waals surface area (Å²) in [6, 6.07) is 3.84. The number of sulfonamides is 1. The van der Waals surface area contributed by atoms with Crippen LogP contribution in [0, 0.1) is 23.7 Å². The van der Waals surface area contributed by atoms with E-state index in [0.717, 1.165) is 5.69 Å². The van der Waals surface area contributed by atoms with Gasteiger partial charge in [-0.2, -0.15) is 0 Å². The fourth-order valence-electron chi connectivity index (χ4n) is 7.50. The van der Waals surface area contributed by atoms with E-state index in [1.165, 1.54) is 26.4 Å². The predicted octanol–water partition coefficient (Wildman–Crippen LogP) is 3.18. The number of carbonyl (C=O) groups excluding carboxylic acids is 4. The Bertz CT molecular complexity index is 1460. The summed E-state index contributed by atoms with van der Waals surface area (Å²) in [6.45, 7) is 13.8. The van der Waals surface area contributed by atoms with Crippen molar-refractivity contribution < 1.29 is 37.1 Å². The number of nitrogens with one attached hydrogen (secondary N) is 3. The Kier molecular flexibility index (Phi) is 17.7. The quantitative estimate of drug-likeness (QED) is 0.180. The van der Waals surface area contributed by atoms with Crippen molar-refractivity contribution in [3.63, 3.8) is 0 Å². The molecule has 8 atom stereocenters. The van der Waals surface area contributed by atoms with Crippen LogP contribution in [0.5, 0.6) is 0 Å². The normalized spacial score (nSPS) is 18.9. The van der Waals surface area contributed by atoms with Crippen LogP contribution >= 0.6 is 0 Å². The third-order valence-electron chi connectivity index (χ3n) is 10.6.